The number of nitro groups is 1. The third-order valence-corrected chi connectivity index (χ3v) is 2.78. The van der Waals surface area contributed by atoms with E-state index in [4.69, 9.17) is 0 Å². The van der Waals surface area contributed by atoms with E-state index in [1.807, 2.05) is 4.90 Å². The van der Waals surface area contributed by atoms with Gasteiger partial charge in [-0.3, -0.25) is 14.9 Å². The fraction of sp³-hybridized carbons (Fsp3) is 0.533. The summed E-state index contributed by atoms with van der Waals surface area (Å²) in [4.78, 5) is 24.4. The van der Waals surface area contributed by atoms with Crippen molar-refractivity contribution in [2.24, 2.45) is 11.8 Å². The Morgan fingerprint density at radius 2 is 1.55 bits per heavy atom. The lowest BCUT2D eigenvalue weighted by Crippen LogP contribution is -2.37. The van der Waals surface area contributed by atoms with Crippen LogP contribution in [0.15, 0.2) is 24.3 Å². The largest absolute Gasteiger partial charge is 0.338 e. The third-order valence-electron chi connectivity index (χ3n) is 2.78. The quantitative estimate of drug-likeness (QED) is 0.592. The number of hydrogen-bond donors (Lipinski definition) is 0. The van der Waals surface area contributed by atoms with Crippen molar-refractivity contribution in [1.29, 1.82) is 0 Å². The van der Waals surface area contributed by atoms with E-state index in [2.05, 4.69) is 27.7 Å². The molecule has 0 aliphatic carbocycles. The number of rotatable bonds is 6. The van der Waals surface area contributed by atoms with Gasteiger partial charge in [0, 0.05) is 30.8 Å². The summed E-state index contributed by atoms with van der Waals surface area (Å²) in [6.07, 6.45) is 0. The zero-order valence-corrected chi connectivity index (χ0v) is 12.5. The molecular weight excluding hydrogens is 256 g/mol. The van der Waals surface area contributed by atoms with E-state index in [-0.39, 0.29) is 11.6 Å². The van der Waals surface area contributed by atoms with Gasteiger partial charge in [-0.25, -0.2) is 0 Å². The number of nitrogens with zero attached hydrogens (tertiary/aromatic N) is 2. The van der Waals surface area contributed by atoms with Crippen LogP contribution in [0.1, 0.15) is 38.1 Å². The maximum Gasteiger partial charge on any atom is 0.269 e. The maximum absolute atomic E-state index is 12.5. The molecule has 0 saturated carbocycles. The van der Waals surface area contributed by atoms with Crippen LogP contribution in [-0.2, 0) is 0 Å². The Morgan fingerprint density at radius 3 is 1.90 bits per heavy atom. The van der Waals surface area contributed by atoms with Crippen LogP contribution in [0.4, 0.5) is 5.69 Å². The second kappa shape index (κ2) is 7.03. The molecule has 5 heteroatoms. The highest BCUT2D eigenvalue weighted by Crippen LogP contribution is 2.15. The third kappa shape index (κ3) is 4.64. The molecule has 1 aromatic rings. The molecule has 0 spiro atoms. The van der Waals surface area contributed by atoms with Crippen LogP contribution in [0.2, 0.25) is 0 Å². The van der Waals surface area contributed by atoms with E-state index in [9.17, 15) is 14.9 Å². The molecule has 1 aromatic carbocycles. The van der Waals surface area contributed by atoms with E-state index in [0.29, 0.717) is 30.5 Å². The smallest absolute Gasteiger partial charge is 0.269 e. The predicted molar refractivity (Wildman–Crippen MR) is 78.7 cm³/mol. The molecule has 0 aliphatic heterocycles. The van der Waals surface area contributed by atoms with E-state index >= 15 is 0 Å². The molecule has 1 amide bonds. The molecule has 0 N–H and O–H groups in total. The normalized spacial score (nSPS) is 10.9. The van der Waals surface area contributed by atoms with E-state index in [0.717, 1.165) is 0 Å². The van der Waals surface area contributed by atoms with Crippen LogP contribution in [0.3, 0.4) is 0 Å². The second-order valence-corrected chi connectivity index (χ2v) is 5.80. The highest BCUT2D eigenvalue weighted by Gasteiger charge is 2.18. The summed E-state index contributed by atoms with van der Waals surface area (Å²) < 4.78 is 0. The van der Waals surface area contributed by atoms with Gasteiger partial charge in [0.2, 0.25) is 0 Å². The van der Waals surface area contributed by atoms with Gasteiger partial charge < -0.3 is 4.90 Å². The molecule has 110 valence electrons. The lowest BCUT2D eigenvalue weighted by Gasteiger charge is -2.26. The fourth-order valence-electron chi connectivity index (χ4n) is 2.03. The van der Waals surface area contributed by atoms with Crippen molar-refractivity contribution < 1.29 is 9.72 Å². The highest BCUT2D eigenvalue weighted by atomic mass is 16.6. The standard InChI is InChI=1S/C15H22N2O3/c1-11(2)9-16(10-12(3)4)15(18)13-5-7-14(8-6-13)17(19)20/h5-8,11-12H,9-10H2,1-4H3. The molecular formula is C15H22N2O3. The number of non-ortho nitro benzene ring substituents is 1. The van der Waals surface area contributed by atoms with Crippen LogP contribution >= 0.6 is 0 Å². The number of hydrogen-bond acceptors (Lipinski definition) is 3. The van der Waals surface area contributed by atoms with E-state index in [1.54, 1.807) is 0 Å². The second-order valence-electron chi connectivity index (χ2n) is 5.80. The monoisotopic (exact) mass is 278 g/mol. The first-order valence-electron chi connectivity index (χ1n) is 6.85. The minimum atomic E-state index is -0.464. The van der Waals surface area contributed by atoms with Gasteiger partial charge in [-0.15, -0.1) is 0 Å². The highest BCUT2D eigenvalue weighted by molar-refractivity contribution is 5.94. The predicted octanol–water partition coefficient (Wildman–Crippen LogP) is 3.35. The zero-order chi connectivity index (χ0) is 15.3. The number of carbonyl (C=O) groups is 1. The van der Waals surface area contributed by atoms with Crippen LogP contribution in [0, 0.1) is 22.0 Å². The van der Waals surface area contributed by atoms with Gasteiger partial charge in [0.15, 0.2) is 0 Å². The summed E-state index contributed by atoms with van der Waals surface area (Å²) in [6.45, 7) is 9.64. The molecule has 5 nitrogen and oxygen atoms in total. The van der Waals surface area contributed by atoms with Gasteiger partial charge >= 0.3 is 0 Å². The van der Waals surface area contributed by atoms with Crippen LogP contribution in [0.25, 0.3) is 0 Å². The lowest BCUT2D eigenvalue weighted by molar-refractivity contribution is -0.384. The van der Waals surface area contributed by atoms with Crippen molar-refractivity contribution in [3.8, 4) is 0 Å². The first-order valence-corrected chi connectivity index (χ1v) is 6.85. The molecule has 0 heterocycles. The minimum Gasteiger partial charge on any atom is -0.338 e. The number of carbonyl (C=O) groups excluding carboxylic acids is 1. The topological polar surface area (TPSA) is 63.5 Å². The van der Waals surface area contributed by atoms with Crippen molar-refractivity contribution in [2.45, 2.75) is 27.7 Å². The minimum absolute atomic E-state index is 0.000758. The Balaban J connectivity index is 2.90. The van der Waals surface area contributed by atoms with E-state index < -0.39 is 4.92 Å². The fourth-order valence-corrected chi connectivity index (χ4v) is 2.03. The summed E-state index contributed by atoms with van der Waals surface area (Å²) in [5.74, 6) is 0.703. The molecule has 20 heavy (non-hydrogen) atoms. The molecule has 0 aromatic heterocycles. The Kier molecular flexibility index (Phi) is 5.67. The summed E-state index contributed by atoms with van der Waals surface area (Å²) >= 11 is 0. The first-order chi connectivity index (χ1) is 9.31. The average Bonchev–Trinajstić information content (AvgIpc) is 2.36. The molecule has 0 saturated heterocycles. The summed E-state index contributed by atoms with van der Waals surface area (Å²) in [5.41, 5.74) is 0.498. The summed E-state index contributed by atoms with van der Waals surface area (Å²) in [5, 5.41) is 10.6. The molecule has 1 rings (SSSR count). The van der Waals surface area contributed by atoms with Gasteiger partial charge in [0.05, 0.1) is 4.92 Å². The van der Waals surface area contributed by atoms with Gasteiger partial charge in [-0.1, -0.05) is 27.7 Å². The van der Waals surface area contributed by atoms with Crippen LogP contribution < -0.4 is 0 Å². The number of amides is 1. The van der Waals surface area contributed by atoms with Crippen molar-refractivity contribution >= 4 is 11.6 Å². The van der Waals surface area contributed by atoms with Crippen molar-refractivity contribution in [2.75, 3.05) is 13.1 Å². The van der Waals surface area contributed by atoms with Crippen molar-refractivity contribution in [1.82, 2.24) is 4.90 Å². The average molecular weight is 278 g/mol. The summed E-state index contributed by atoms with van der Waals surface area (Å²) in [6, 6.07) is 5.79. The maximum atomic E-state index is 12.5. The van der Waals surface area contributed by atoms with Gasteiger partial charge in [0.1, 0.15) is 0 Å². The zero-order valence-electron chi connectivity index (χ0n) is 12.5. The Labute approximate surface area is 119 Å². The first kappa shape index (κ1) is 16.1. The van der Waals surface area contributed by atoms with Crippen molar-refractivity contribution in [3.63, 3.8) is 0 Å². The Hall–Kier alpha value is -1.91. The molecule has 0 aliphatic rings. The van der Waals surface area contributed by atoms with Crippen LogP contribution in [0.5, 0.6) is 0 Å². The molecule has 0 unspecified atom stereocenters. The van der Waals surface area contributed by atoms with E-state index in [1.165, 1.54) is 24.3 Å². The van der Waals surface area contributed by atoms with Gasteiger partial charge in [-0.2, -0.15) is 0 Å². The summed E-state index contributed by atoms with van der Waals surface area (Å²) in [7, 11) is 0. The molecule has 0 fully saturated rings. The number of nitro benzene ring substituents is 1. The molecule has 0 atom stereocenters. The van der Waals surface area contributed by atoms with Crippen molar-refractivity contribution in [3.05, 3.63) is 39.9 Å². The molecule has 0 radical (unpaired) electrons. The van der Waals surface area contributed by atoms with Gasteiger partial charge in [-0.05, 0) is 24.0 Å². The lowest BCUT2D eigenvalue weighted by atomic mass is 10.1. The number of benzene rings is 1. The molecule has 0 bridgehead atoms. The van der Waals surface area contributed by atoms with Crippen LogP contribution in [-0.4, -0.2) is 28.8 Å². The Bertz CT molecular complexity index is 457. The van der Waals surface area contributed by atoms with Gasteiger partial charge in [0.25, 0.3) is 11.6 Å². The SMILES string of the molecule is CC(C)CN(CC(C)C)C(=O)c1ccc([N+](=O)[O-])cc1. The Morgan fingerprint density at radius 1 is 1.10 bits per heavy atom.